The van der Waals surface area contributed by atoms with E-state index in [1.54, 1.807) is 6.20 Å². The molecular weight excluding hydrogens is 505 g/mol. The van der Waals surface area contributed by atoms with E-state index >= 15 is 0 Å². The molecule has 0 radical (unpaired) electrons. The molecule has 6 nitrogen and oxygen atoms in total. The molecule has 2 aliphatic heterocycles. The van der Waals surface area contributed by atoms with E-state index in [1.807, 2.05) is 41.9 Å². The maximum atomic E-state index is 12.9. The molecule has 0 aliphatic carbocycles. The van der Waals surface area contributed by atoms with Crippen molar-refractivity contribution in [2.24, 2.45) is 0 Å². The van der Waals surface area contributed by atoms with Crippen molar-refractivity contribution in [3.05, 3.63) is 102 Å². The van der Waals surface area contributed by atoms with E-state index < -0.39 is 23.4 Å². The van der Waals surface area contributed by atoms with E-state index in [9.17, 15) is 13.2 Å². The lowest BCUT2D eigenvalue weighted by molar-refractivity contribution is -0.396. The number of ether oxygens (including phenoxy) is 2. The molecule has 1 unspecified atom stereocenters. The highest BCUT2D eigenvalue weighted by atomic mass is 19.4. The third kappa shape index (κ3) is 4.81. The number of benzene rings is 2. The van der Waals surface area contributed by atoms with E-state index in [0.29, 0.717) is 19.5 Å². The molecule has 2 aromatic heterocycles. The molecule has 0 saturated carbocycles. The summed E-state index contributed by atoms with van der Waals surface area (Å²) in [4.78, 5) is 6.75. The van der Waals surface area contributed by atoms with Gasteiger partial charge in [0.15, 0.2) is 18.2 Å². The second-order valence-electron chi connectivity index (χ2n) is 10.3. The normalized spacial score (nSPS) is 21.4. The minimum Gasteiger partial charge on any atom is -0.367 e. The summed E-state index contributed by atoms with van der Waals surface area (Å²) in [6, 6.07) is 17.6. The highest BCUT2D eigenvalue weighted by molar-refractivity contribution is 5.77. The Morgan fingerprint density at radius 1 is 1.00 bits per heavy atom. The molecule has 1 saturated heterocycles. The number of alkyl halides is 3. The first kappa shape index (κ1) is 25.6. The summed E-state index contributed by atoms with van der Waals surface area (Å²) in [6.45, 7) is 5.29. The van der Waals surface area contributed by atoms with Crippen LogP contribution in [0.25, 0.3) is 11.2 Å². The van der Waals surface area contributed by atoms with Gasteiger partial charge in [-0.2, -0.15) is 18.3 Å². The van der Waals surface area contributed by atoms with Crippen LogP contribution in [-0.4, -0.2) is 40.3 Å². The van der Waals surface area contributed by atoms with E-state index in [2.05, 4.69) is 35.0 Å². The quantitative estimate of drug-likeness (QED) is 0.292. The van der Waals surface area contributed by atoms with Crippen LogP contribution in [0.2, 0.25) is 0 Å². The van der Waals surface area contributed by atoms with Crippen LogP contribution in [0.3, 0.4) is 0 Å². The summed E-state index contributed by atoms with van der Waals surface area (Å²) < 4.78 is 52.8. The Hall–Kier alpha value is -3.69. The average Bonchev–Trinajstić information content (AvgIpc) is 3.36. The lowest BCUT2D eigenvalue weighted by Gasteiger charge is -2.45. The summed E-state index contributed by atoms with van der Waals surface area (Å²) in [5.74, 6) is 0. The highest BCUT2D eigenvalue weighted by Gasteiger charge is 2.47. The minimum absolute atomic E-state index is 0.254. The predicted octanol–water partition coefficient (Wildman–Crippen LogP) is 6.26. The highest BCUT2D eigenvalue weighted by Crippen LogP contribution is 2.40. The van der Waals surface area contributed by atoms with Crippen molar-refractivity contribution >= 4 is 16.9 Å². The lowest BCUT2D eigenvalue weighted by atomic mass is 9.78. The minimum atomic E-state index is -4.34. The zero-order chi connectivity index (χ0) is 27.2. The Balaban J connectivity index is 1.29. The molecule has 1 fully saturated rings. The fourth-order valence-electron chi connectivity index (χ4n) is 5.53. The van der Waals surface area contributed by atoms with Crippen molar-refractivity contribution in [1.82, 2.24) is 14.6 Å². The first-order valence-electron chi connectivity index (χ1n) is 13.0. The van der Waals surface area contributed by atoms with Gasteiger partial charge in [-0.1, -0.05) is 36.4 Å². The van der Waals surface area contributed by atoms with E-state index in [4.69, 9.17) is 14.6 Å². The van der Waals surface area contributed by atoms with Gasteiger partial charge in [0.1, 0.15) is 0 Å². The third-order valence-corrected chi connectivity index (χ3v) is 7.67. The van der Waals surface area contributed by atoms with Gasteiger partial charge in [0, 0.05) is 30.5 Å². The molecular formula is C30H29F3N4O2. The van der Waals surface area contributed by atoms with Gasteiger partial charge in [-0.25, -0.2) is 9.50 Å². The Kier molecular flexibility index (Phi) is 6.43. The van der Waals surface area contributed by atoms with Crippen LogP contribution in [0.4, 0.5) is 18.9 Å². The van der Waals surface area contributed by atoms with Gasteiger partial charge in [-0.3, -0.25) is 0 Å². The molecule has 0 N–H and O–H groups in total. The van der Waals surface area contributed by atoms with Crippen molar-refractivity contribution < 1.29 is 22.6 Å². The smallest absolute Gasteiger partial charge is 0.367 e. The van der Waals surface area contributed by atoms with Gasteiger partial charge in [0.25, 0.3) is 0 Å². The van der Waals surface area contributed by atoms with Gasteiger partial charge in [0.05, 0.1) is 22.9 Å². The molecule has 1 atom stereocenters. The van der Waals surface area contributed by atoms with Gasteiger partial charge < -0.3 is 14.4 Å². The largest absolute Gasteiger partial charge is 0.416 e. The van der Waals surface area contributed by atoms with Crippen LogP contribution in [0.15, 0.2) is 79.1 Å². The Morgan fingerprint density at radius 2 is 1.74 bits per heavy atom. The Morgan fingerprint density at radius 3 is 2.38 bits per heavy atom. The van der Waals surface area contributed by atoms with Crippen LogP contribution in [0, 0.1) is 0 Å². The number of hydrogen-bond donors (Lipinski definition) is 0. The zero-order valence-electron chi connectivity index (χ0n) is 21.7. The molecule has 0 amide bonds. The van der Waals surface area contributed by atoms with Crippen LogP contribution in [0.1, 0.15) is 42.7 Å². The van der Waals surface area contributed by atoms with E-state index in [1.165, 1.54) is 17.7 Å². The van der Waals surface area contributed by atoms with Crippen molar-refractivity contribution in [2.75, 3.05) is 18.0 Å². The number of fused-ring (bicyclic) bond motifs is 1. The summed E-state index contributed by atoms with van der Waals surface area (Å²) >= 11 is 0. The van der Waals surface area contributed by atoms with Crippen LogP contribution >= 0.6 is 0 Å². The summed E-state index contributed by atoms with van der Waals surface area (Å²) in [5, 5.41) is 4.75. The third-order valence-electron chi connectivity index (χ3n) is 7.67. The lowest BCUT2D eigenvalue weighted by Crippen LogP contribution is -2.53. The van der Waals surface area contributed by atoms with Gasteiger partial charge in [0.2, 0.25) is 0 Å². The van der Waals surface area contributed by atoms with E-state index in [0.717, 1.165) is 46.7 Å². The number of halogens is 3. The summed E-state index contributed by atoms with van der Waals surface area (Å²) in [7, 11) is 0. The van der Waals surface area contributed by atoms with Crippen molar-refractivity contribution in [2.45, 2.75) is 50.9 Å². The summed E-state index contributed by atoms with van der Waals surface area (Å²) in [6.07, 6.45) is 2.17. The number of anilines is 1. The molecule has 39 heavy (non-hydrogen) atoms. The predicted molar refractivity (Wildman–Crippen MR) is 142 cm³/mol. The second-order valence-corrected chi connectivity index (χ2v) is 10.3. The maximum Gasteiger partial charge on any atom is 0.416 e. The first-order chi connectivity index (χ1) is 18.7. The molecule has 6 rings (SSSR count). The number of aromatic nitrogens is 3. The van der Waals surface area contributed by atoms with Crippen molar-refractivity contribution in [3.63, 3.8) is 0 Å². The fourth-order valence-corrected chi connectivity index (χ4v) is 5.53. The fraction of sp³-hybridized carbons (Fsp3) is 0.333. The molecule has 4 heterocycles. The van der Waals surface area contributed by atoms with Crippen LogP contribution in [-0.2, 0) is 27.5 Å². The van der Waals surface area contributed by atoms with Gasteiger partial charge >= 0.3 is 6.18 Å². The Labute approximate surface area is 224 Å². The average molecular weight is 535 g/mol. The van der Waals surface area contributed by atoms with Crippen LogP contribution in [0.5, 0.6) is 0 Å². The van der Waals surface area contributed by atoms with Gasteiger partial charge in [-0.05, 0) is 68.2 Å². The molecule has 9 heteroatoms. The molecule has 4 aromatic rings. The molecule has 0 bridgehead atoms. The first-order valence-corrected chi connectivity index (χ1v) is 13.0. The number of rotatable bonds is 6. The van der Waals surface area contributed by atoms with Gasteiger partial charge in [-0.15, -0.1) is 0 Å². The molecule has 0 spiro atoms. The molecule has 2 aromatic carbocycles. The number of hydrogen-bond acceptors (Lipinski definition) is 5. The molecule has 2 aliphatic rings. The monoisotopic (exact) mass is 534 g/mol. The zero-order valence-corrected chi connectivity index (χ0v) is 21.7. The van der Waals surface area contributed by atoms with Crippen LogP contribution < -0.4 is 4.90 Å². The summed E-state index contributed by atoms with van der Waals surface area (Å²) in [5.41, 5.74) is 4.56. The number of nitrogens with zero attached hydrogens (tertiary/aromatic N) is 4. The van der Waals surface area contributed by atoms with Crippen molar-refractivity contribution in [3.8, 4) is 0 Å². The standard InChI is InChI=1S/C30H29F3N4O2/c1-20-38-28(39-20)29(2,18-21-6-4-3-5-7-21)26-12-15-34-27-25(19-35-37(26)27)22-13-16-36(17-14-22)24-10-8-23(9-11-24)30(31,32)33/h3-13,15,19-20,28H,14,16-18H2,1-2H3. The maximum absolute atomic E-state index is 12.9. The topological polar surface area (TPSA) is 51.9 Å². The molecule has 202 valence electrons. The Bertz CT molecular complexity index is 1490. The second kappa shape index (κ2) is 9.81. The SMILES string of the molecule is CC1OC(C(C)(Cc2ccccc2)c2ccnc3c(C4=CCN(c5ccc(C(F)(F)F)cc5)CC4)cnn23)O1. The van der Waals surface area contributed by atoms with E-state index in [-0.39, 0.29) is 6.29 Å². The van der Waals surface area contributed by atoms with Crippen molar-refractivity contribution in [1.29, 1.82) is 0 Å².